The topological polar surface area (TPSA) is 55.1 Å². The van der Waals surface area contributed by atoms with Gasteiger partial charge in [-0.05, 0) is 36.8 Å². The highest BCUT2D eigenvalue weighted by atomic mass is 35.5. The van der Waals surface area contributed by atoms with E-state index in [-0.39, 0.29) is 6.42 Å². The van der Waals surface area contributed by atoms with Crippen molar-refractivity contribution < 1.29 is 9.90 Å². The Morgan fingerprint density at radius 3 is 2.91 bits per heavy atom. The minimum absolute atomic E-state index is 0.0764. The summed E-state index contributed by atoms with van der Waals surface area (Å²) in [6.07, 6.45) is 3.79. The van der Waals surface area contributed by atoms with Gasteiger partial charge in [-0.3, -0.25) is 9.78 Å². The third kappa shape index (κ3) is 2.70. The first-order valence-corrected chi connectivity index (χ1v) is 7.36. The predicted octanol–water partition coefficient (Wildman–Crippen LogP) is 4.14. The van der Waals surface area contributed by atoms with Crippen LogP contribution in [0.5, 0.6) is 0 Å². The second-order valence-electron chi connectivity index (χ2n) is 5.21. The van der Waals surface area contributed by atoms with Crippen LogP contribution in [0, 0.1) is 6.92 Å². The Morgan fingerprint density at radius 1 is 1.36 bits per heavy atom. The van der Waals surface area contributed by atoms with Gasteiger partial charge >= 0.3 is 5.97 Å². The van der Waals surface area contributed by atoms with Crippen LogP contribution in [0.25, 0.3) is 22.2 Å². The van der Waals surface area contributed by atoms with Crippen LogP contribution in [0.2, 0.25) is 5.02 Å². The number of carboxylic acids is 1. The smallest absolute Gasteiger partial charge is 0.305 e. The Kier molecular flexibility index (Phi) is 3.86. The number of rotatable bonds is 4. The van der Waals surface area contributed by atoms with Crippen molar-refractivity contribution in [3.63, 3.8) is 0 Å². The lowest BCUT2D eigenvalue weighted by Gasteiger charge is -2.02. The van der Waals surface area contributed by atoms with Gasteiger partial charge in [-0.1, -0.05) is 17.7 Å². The normalized spacial score (nSPS) is 11.0. The molecule has 1 aromatic carbocycles. The molecule has 0 radical (unpaired) electrons. The summed E-state index contributed by atoms with van der Waals surface area (Å²) in [7, 11) is 0. The summed E-state index contributed by atoms with van der Waals surface area (Å²) >= 11 is 6.13. The molecule has 0 unspecified atom stereocenters. The maximum absolute atomic E-state index is 10.8. The SMILES string of the molecule is Cc1cccnc1-c1cn(CCC(=O)O)c2ccc(Cl)cc12. The molecule has 112 valence electrons. The fourth-order valence-electron chi connectivity index (χ4n) is 2.63. The highest BCUT2D eigenvalue weighted by molar-refractivity contribution is 6.31. The minimum atomic E-state index is -0.814. The first kappa shape index (κ1) is 14.6. The Labute approximate surface area is 133 Å². The number of carbonyl (C=O) groups is 1. The predicted molar refractivity (Wildman–Crippen MR) is 87.2 cm³/mol. The Hall–Kier alpha value is -2.33. The minimum Gasteiger partial charge on any atom is -0.481 e. The number of hydrogen-bond donors (Lipinski definition) is 1. The molecule has 4 nitrogen and oxygen atoms in total. The fraction of sp³-hybridized carbons (Fsp3) is 0.176. The molecule has 0 aliphatic rings. The molecular weight excluding hydrogens is 300 g/mol. The van der Waals surface area contributed by atoms with Crippen molar-refractivity contribution in [1.82, 2.24) is 9.55 Å². The summed E-state index contributed by atoms with van der Waals surface area (Å²) in [5.41, 5.74) is 3.90. The highest BCUT2D eigenvalue weighted by Gasteiger charge is 2.14. The van der Waals surface area contributed by atoms with Crippen LogP contribution in [0.1, 0.15) is 12.0 Å². The van der Waals surface area contributed by atoms with E-state index >= 15 is 0 Å². The van der Waals surface area contributed by atoms with Crippen molar-refractivity contribution in [2.45, 2.75) is 19.9 Å². The largest absolute Gasteiger partial charge is 0.481 e. The van der Waals surface area contributed by atoms with Crippen molar-refractivity contribution in [2.24, 2.45) is 0 Å². The van der Waals surface area contributed by atoms with Crippen LogP contribution < -0.4 is 0 Å². The number of carboxylic acid groups (broad SMARTS) is 1. The van der Waals surface area contributed by atoms with E-state index in [1.807, 2.05) is 48.0 Å². The summed E-state index contributed by atoms with van der Waals surface area (Å²) in [5.74, 6) is -0.814. The maximum atomic E-state index is 10.8. The molecule has 0 saturated carbocycles. The van der Waals surface area contributed by atoms with Crippen LogP contribution >= 0.6 is 11.6 Å². The van der Waals surface area contributed by atoms with Crippen molar-refractivity contribution >= 4 is 28.5 Å². The molecule has 2 heterocycles. The Balaban J connectivity index is 2.19. The molecule has 0 aliphatic heterocycles. The number of fused-ring (bicyclic) bond motifs is 1. The average Bonchev–Trinajstić information content (AvgIpc) is 2.83. The molecule has 0 spiro atoms. The number of aromatic nitrogens is 2. The zero-order valence-electron chi connectivity index (χ0n) is 12.1. The van der Waals surface area contributed by atoms with Gasteiger partial charge in [-0.25, -0.2) is 0 Å². The molecule has 3 rings (SSSR count). The Morgan fingerprint density at radius 2 is 2.18 bits per heavy atom. The molecule has 0 amide bonds. The Bertz CT molecular complexity index is 855. The average molecular weight is 315 g/mol. The van der Waals surface area contributed by atoms with Crippen molar-refractivity contribution in [1.29, 1.82) is 0 Å². The van der Waals surface area contributed by atoms with E-state index in [0.717, 1.165) is 27.7 Å². The van der Waals surface area contributed by atoms with Crippen LogP contribution in [0.3, 0.4) is 0 Å². The van der Waals surface area contributed by atoms with Crippen LogP contribution in [0.4, 0.5) is 0 Å². The van der Waals surface area contributed by atoms with Crippen molar-refractivity contribution in [2.75, 3.05) is 0 Å². The lowest BCUT2D eigenvalue weighted by molar-refractivity contribution is -0.137. The second-order valence-corrected chi connectivity index (χ2v) is 5.65. The van der Waals surface area contributed by atoms with E-state index in [4.69, 9.17) is 16.7 Å². The van der Waals surface area contributed by atoms with Crippen molar-refractivity contribution in [3.05, 3.63) is 53.3 Å². The highest BCUT2D eigenvalue weighted by Crippen LogP contribution is 2.33. The summed E-state index contributed by atoms with van der Waals surface area (Å²) in [4.78, 5) is 15.3. The zero-order chi connectivity index (χ0) is 15.7. The van der Waals surface area contributed by atoms with E-state index < -0.39 is 5.97 Å². The molecule has 5 heteroatoms. The van der Waals surface area contributed by atoms with E-state index in [9.17, 15) is 4.79 Å². The number of halogens is 1. The number of hydrogen-bond acceptors (Lipinski definition) is 2. The van der Waals surface area contributed by atoms with Gasteiger partial charge < -0.3 is 9.67 Å². The fourth-order valence-corrected chi connectivity index (χ4v) is 2.80. The van der Waals surface area contributed by atoms with Crippen molar-refractivity contribution in [3.8, 4) is 11.3 Å². The van der Waals surface area contributed by atoms with E-state index in [1.54, 1.807) is 6.20 Å². The van der Waals surface area contributed by atoms with E-state index in [2.05, 4.69) is 4.98 Å². The molecule has 22 heavy (non-hydrogen) atoms. The van der Waals surface area contributed by atoms with Crippen LogP contribution in [0.15, 0.2) is 42.7 Å². The van der Waals surface area contributed by atoms with E-state index in [0.29, 0.717) is 11.6 Å². The number of benzene rings is 1. The third-order valence-electron chi connectivity index (χ3n) is 3.67. The summed E-state index contributed by atoms with van der Waals surface area (Å²) in [6.45, 7) is 2.42. The second kappa shape index (κ2) is 5.81. The van der Waals surface area contributed by atoms with Gasteiger partial charge in [0.25, 0.3) is 0 Å². The van der Waals surface area contributed by atoms with Gasteiger partial charge in [0.05, 0.1) is 12.1 Å². The number of aryl methyl sites for hydroxylation is 2. The summed E-state index contributed by atoms with van der Waals surface area (Å²) in [5, 5.41) is 10.5. The van der Waals surface area contributed by atoms with Crippen LogP contribution in [-0.2, 0) is 11.3 Å². The molecule has 0 saturated heterocycles. The van der Waals surface area contributed by atoms with Crippen LogP contribution in [-0.4, -0.2) is 20.6 Å². The summed E-state index contributed by atoms with van der Waals surface area (Å²) < 4.78 is 1.95. The van der Waals surface area contributed by atoms with Gasteiger partial charge in [0, 0.05) is 40.4 Å². The third-order valence-corrected chi connectivity index (χ3v) is 3.91. The maximum Gasteiger partial charge on any atom is 0.305 e. The lowest BCUT2D eigenvalue weighted by atomic mass is 10.1. The lowest BCUT2D eigenvalue weighted by Crippen LogP contribution is -2.03. The van der Waals surface area contributed by atoms with Gasteiger partial charge in [0.1, 0.15) is 0 Å². The number of pyridine rings is 1. The number of aliphatic carboxylic acids is 1. The first-order valence-electron chi connectivity index (χ1n) is 6.98. The molecule has 0 bridgehead atoms. The van der Waals surface area contributed by atoms with Gasteiger partial charge in [0.2, 0.25) is 0 Å². The quantitative estimate of drug-likeness (QED) is 0.787. The molecule has 0 aliphatic carbocycles. The molecule has 0 atom stereocenters. The standard InChI is InChI=1S/C17H15ClN2O2/c1-11-3-2-7-19-17(11)14-10-20(8-6-16(21)22)15-5-4-12(18)9-13(14)15/h2-5,7,9-10H,6,8H2,1H3,(H,21,22). The molecule has 3 aromatic rings. The number of nitrogens with zero attached hydrogens (tertiary/aromatic N) is 2. The molecular formula is C17H15ClN2O2. The monoisotopic (exact) mass is 314 g/mol. The van der Waals surface area contributed by atoms with Gasteiger partial charge in [0.15, 0.2) is 0 Å². The van der Waals surface area contributed by atoms with Gasteiger partial charge in [-0.15, -0.1) is 0 Å². The zero-order valence-corrected chi connectivity index (χ0v) is 12.8. The molecule has 1 N–H and O–H groups in total. The molecule has 0 fully saturated rings. The van der Waals surface area contributed by atoms with E-state index in [1.165, 1.54) is 0 Å². The summed E-state index contributed by atoms with van der Waals surface area (Å²) in [6, 6.07) is 9.54. The van der Waals surface area contributed by atoms with Gasteiger partial charge in [-0.2, -0.15) is 0 Å². The molecule has 2 aromatic heterocycles. The first-order chi connectivity index (χ1) is 10.6.